The topological polar surface area (TPSA) is 96.3 Å². The first kappa shape index (κ1) is 15.7. The Morgan fingerprint density at radius 1 is 1.35 bits per heavy atom. The minimum atomic E-state index is -0.438. The molecule has 1 saturated carbocycles. The number of nitro groups is 1. The molecule has 3 rings (SSSR count). The molecular formula is C16H22N4O3. The third-order valence-electron chi connectivity index (χ3n) is 4.47. The third kappa shape index (κ3) is 3.79. The van der Waals surface area contributed by atoms with Crippen molar-refractivity contribution in [3.63, 3.8) is 0 Å². The minimum Gasteiger partial charge on any atom is -0.377 e. The molecule has 1 amide bonds. The fraction of sp³-hybridized carbons (Fsp3) is 0.562. The molecule has 0 radical (unpaired) electrons. The standard InChI is InChI=1S/C16H22N4O3/c1-10-13(3-2-8-17-10)19-16(21)11-4-7-14(18-12-5-6-12)15(9-11)20(22)23/h4,7,9-10,12-13,17-18H,2-3,5-6,8H2,1H3,(H,19,21). The summed E-state index contributed by atoms with van der Waals surface area (Å²) in [7, 11) is 0. The second-order valence-corrected chi connectivity index (χ2v) is 6.37. The molecule has 7 heteroatoms. The third-order valence-corrected chi connectivity index (χ3v) is 4.47. The number of nitro benzene ring substituents is 1. The number of anilines is 1. The van der Waals surface area contributed by atoms with E-state index in [1.165, 1.54) is 6.07 Å². The van der Waals surface area contributed by atoms with Crippen LogP contribution < -0.4 is 16.0 Å². The Hall–Kier alpha value is -2.15. The maximum atomic E-state index is 12.4. The molecular weight excluding hydrogens is 296 g/mol. The fourth-order valence-corrected chi connectivity index (χ4v) is 2.89. The first-order valence-corrected chi connectivity index (χ1v) is 8.14. The lowest BCUT2D eigenvalue weighted by molar-refractivity contribution is -0.384. The number of piperidine rings is 1. The number of amides is 1. The molecule has 2 fully saturated rings. The molecule has 0 aromatic heterocycles. The first-order valence-electron chi connectivity index (χ1n) is 8.14. The van der Waals surface area contributed by atoms with Gasteiger partial charge in [0.1, 0.15) is 5.69 Å². The quantitative estimate of drug-likeness (QED) is 0.570. The zero-order valence-corrected chi connectivity index (χ0v) is 13.2. The van der Waals surface area contributed by atoms with Crippen LogP contribution in [0.4, 0.5) is 11.4 Å². The van der Waals surface area contributed by atoms with E-state index < -0.39 is 4.92 Å². The van der Waals surface area contributed by atoms with Crippen LogP contribution in [0.5, 0.6) is 0 Å². The summed E-state index contributed by atoms with van der Waals surface area (Å²) < 4.78 is 0. The maximum Gasteiger partial charge on any atom is 0.293 e. The van der Waals surface area contributed by atoms with Crippen molar-refractivity contribution in [2.75, 3.05) is 11.9 Å². The van der Waals surface area contributed by atoms with Gasteiger partial charge in [0.15, 0.2) is 0 Å². The SMILES string of the molecule is CC1NCCCC1NC(=O)c1ccc(NC2CC2)c([N+](=O)[O-])c1. The van der Waals surface area contributed by atoms with E-state index in [4.69, 9.17) is 0 Å². The van der Waals surface area contributed by atoms with E-state index in [1.54, 1.807) is 12.1 Å². The summed E-state index contributed by atoms with van der Waals surface area (Å²) in [5, 5.41) is 20.7. The van der Waals surface area contributed by atoms with Crippen molar-refractivity contribution < 1.29 is 9.72 Å². The van der Waals surface area contributed by atoms with Crippen molar-refractivity contribution >= 4 is 17.3 Å². The van der Waals surface area contributed by atoms with E-state index in [0.29, 0.717) is 17.3 Å². The average molecular weight is 318 g/mol. The smallest absolute Gasteiger partial charge is 0.293 e. The Labute approximate surface area is 135 Å². The number of nitrogens with one attached hydrogen (secondary N) is 3. The van der Waals surface area contributed by atoms with Gasteiger partial charge >= 0.3 is 0 Å². The van der Waals surface area contributed by atoms with Crippen molar-refractivity contribution in [3.8, 4) is 0 Å². The molecule has 1 aromatic carbocycles. The van der Waals surface area contributed by atoms with Gasteiger partial charge in [-0.3, -0.25) is 14.9 Å². The van der Waals surface area contributed by atoms with Gasteiger partial charge in [0.2, 0.25) is 0 Å². The lowest BCUT2D eigenvalue weighted by Gasteiger charge is -2.30. The van der Waals surface area contributed by atoms with Crippen molar-refractivity contribution in [2.45, 2.75) is 50.7 Å². The van der Waals surface area contributed by atoms with Gasteiger partial charge in [-0.2, -0.15) is 0 Å². The van der Waals surface area contributed by atoms with Crippen LogP contribution >= 0.6 is 0 Å². The van der Waals surface area contributed by atoms with Gasteiger partial charge in [0.05, 0.1) is 4.92 Å². The Kier molecular flexibility index (Phi) is 4.47. The van der Waals surface area contributed by atoms with Crippen molar-refractivity contribution in [1.82, 2.24) is 10.6 Å². The van der Waals surface area contributed by atoms with Crippen molar-refractivity contribution in [3.05, 3.63) is 33.9 Å². The molecule has 7 nitrogen and oxygen atoms in total. The van der Waals surface area contributed by atoms with Gasteiger partial charge in [0, 0.05) is 29.8 Å². The molecule has 2 aliphatic rings. The second-order valence-electron chi connectivity index (χ2n) is 6.37. The molecule has 23 heavy (non-hydrogen) atoms. The number of carbonyl (C=O) groups excluding carboxylic acids is 1. The Morgan fingerprint density at radius 3 is 2.78 bits per heavy atom. The highest BCUT2D eigenvalue weighted by Gasteiger charge is 2.27. The van der Waals surface area contributed by atoms with Crippen LogP contribution in [0.15, 0.2) is 18.2 Å². The van der Waals surface area contributed by atoms with E-state index in [-0.39, 0.29) is 23.7 Å². The highest BCUT2D eigenvalue weighted by Crippen LogP contribution is 2.31. The summed E-state index contributed by atoms with van der Waals surface area (Å²) >= 11 is 0. The predicted octanol–water partition coefficient (Wildman–Crippen LogP) is 2.04. The fourth-order valence-electron chi connectivity index (χ4n) is 2.89. The van der Waals surface area contributed by atoms with Gasteiger partial charge < -0.3 is 16.0 Å². The summed E-state index contributed by atoms with van der Waals surface area (Å²) in [4.78, 5) is 23.2. The van der Waals surface area contributed by atoms with Crippen LogP contribution in [0.25, 0.3) is 0 Å². The minimum absolute atomic E-state index is 0.0423. The first-order chi connectivity index (χ1) is 11.0. The number of benzene rings is 1. The van der Waals surface area contributed by atoms with Gasteiger partial charge in [-0.25, -0.2) is 0 Å². The largest absolute Gasteiger partial charge is 0.377 e. The van der Waals surface area contributed by atoms with Gasteiger partial charge in [-0.05, 0) is 51.3 Å². The maximum absolute atomic E-state index is 12.4. The van der Waals surface area contributed by atoms with E-state index >= 15 is 0 Å². The monoisotopic (exact) mass is 318 g/mol. The summed E-state index contributed by atoms with van der Waals surface area (Å²) in [6.07, 6.45) is 4.00. The Morgan fingerprint density at radius 2 is 2.13 bits per heavy atom. The molecule has 1 heterocycles. The highest BCUT2D eigenvalue weighted by molar-refractivity contribution is 5.96. The summed E-state index contributed by atoms with van der Waals surface area (Å²) in [5.41, 5.74) is 0.775. The summed E-state index contributed by atoms with van der Waals surface area (Å²) in [6.45, 7) is 3.00. The molecule has 2 atom stereocenters. The molecule has 1 aromatic rings. The number of rotatable bonds is 5. The molecule has 124 valence electrons. The predicted molar refractivity (Wildman–Crippen MR) is 87.7 cm³/mol. The molecule has 3 N–H and O–H groups in total. The average Bonchev–Trinajstić information content (AvgIpc) is 3.33. The lowest BCUT2D eigenvalue weighted by Crippen LogP contribution is -2.51. The number of hydrogen-bond donors (Lipinski definition) is 3. The summed E-state index contributed by atoms with van der Waals surface area (Å²) in [6, 6.07) is 5.23. The van der Waals surface area contributed by atoms with E-state index in [0.717, 1.165) is 32.2 Å². The van der Waals surface area contributed by atoms with Crippen LogP contribution in [0, 0.1) is 10.1 Å². The van der Waals surface area contributed by atoms with Crippen LogP contribution in [-0.4, -0.2) is 35.5 Å². The van der Waals surface area contributed by atoms with E-state index in [9.17, 15) is 14.9 Å². The molecule has 1 aliphatic carbocycles. The molecule has 1 saturated heterocycles. The number of nitrogens with zero attached hydrogens (tertiary/aromatic N) is 1. The Balaban J connectivity index is 1.74. The van der Waals surface area contributed by atoms with Gasteiger partial charge in [-0.15, -0.1) is 0 Å². The van der Waals surface area contributed by atoms with Gasteiger partial charge in [0.25, 0.3) is 11.6 Å². The van der Waals surface area contributed by atoms with Crippen LogP contribution in [0.2, 0.25) is 0 Å². The zero-order valence-electron chi connectivity index (χ0n) is 13.2. The zero-order chi connectivity index (χ0) is 16.4. The van der Waals surface area contributed by atoms with Gasteiger partial charge in [-0.1, -0.05) is 0 Å². The second kappa shape index (κ2) is 6.54. The van der Waals surface area contributed by atoms with Crippen LogP contribution in [0.3, 0.4) is 0 Å². The summed E-state index contributed by atoms with van der Waals surface area (Å²) in [5.74, 6) is -0.258. The number of hydrogen-bond acceptors (Lipinski definition) is 5. The normalized spacial score (nSPS) is 24.0. The lowest BCUT2D eigenvalue weighted by atomic mass is 9.99. The van der Waals surface area contributed by atoms with Crippen molar-refractivity contribution in [1.29, 1.82) is 0 Å². The molecule has 0 bridgehead atoms. The Bertz CT molecular complexity index is 615. The number of carbonyl (C=O) groups is 1. The van der Waals surface area contributed by atoms with Crippen molar-refractivity contribution in [2.24, 2.45) is 0 Å². The molecule has 2 unspecified atom stereocenters. The van der Waals surface area contributed by atoms with E-state index in [1.807, 2.05) is 6.92 Å². The molecule has 1 aliphatic heterocycles. The van der Waals surface area contributed by atoms with Crippen LogP contribution in [0.1, 0.15) is 43.0 Å². The van der Waals surface area contributed by atoms with Crippen LogP contribution in [-0.2, 0) is 0 Å². The van der Waals surface area contributed by atoms with E-state index in [2.05, 4.69) is 16.0 Å². The molecule has 0 spiro atoms. The highest BCUT2D eigenvalue weighted by atomic mass is 16.6.